The molecule has 2 aromatic carbocycles. The first-order valence-corrected chi connectivity index (χ1v) is 10.4. The van der Waals surface area contributed by atoms with Crippen LogP contribution in [0.4, 0.5) is 41.2 Å². The zero-order valence-corrected chi connectivity index (χ0v) is 19.2. The number of benzene rings is 2. The Morgan fingerprint density at radius 1 is 1.11 bits per heavy atom. The zero-order valence-electron chi connectivity index (χ0n) is 19.2. The second kappa shape index (κ2) is 10.5. The van der Waals surface area contributed by atoms with Crippen molar-refractivity contribution in [2.45, 2.75) is 24.8 Å². The summed E-state index contributed by atoms with van der Waals surface area (Å²) in [6.07, 6.45) is -11.3. The molecule has 15 heteroatoms. The van der Waals surface area contributed by atoms with Crippen LogP contribution < -0.4 is 20.7 Å². The number of aliphatic imine (C=N–C) groups is 1. The molecule has 3 rings (SSSR count). The third-order valence-electron chi connectivity index (χ3n) is 5.23. The molecule has 0 saturated carbocycles. The van der Waals surface area contributed by atoms with Crippen molar-refractivity contribution in [1.82, 2.24) is 5.32 Å². The number of nitrogens with one attached hydrogen (secondary N) is 1. The molecule has 1 atom stereocenters. The average molecular weight is 546 g/mol. The molecule has 3 N–H and O–H groups in total. The van der Waals surface area contributed by atoms with Gasteiger partial charge in [0.25, 0.3) is 5.91 Å². The van der Waals surface area contributed by atoms with Crippen LogP contribution in [-0.2, 0) is 21.9 Å². The molecule has 0 radical (unpaired) electrons. The van der Waals surface area contributed by atoms with E-state index in [0.29, 0.717) is 17.3 Å². The molecular formula is C23H17F7N4O4. The maximum Gasteiger partial charge on any atom is 0.420 e. The van der Waals surface area contributed by atoms with Gasteiger partial charge in [-0.1, -0.05) is 0 Å². The van der Waals surface area contributed by atoms with Gasteiger partial charge in [0.2, 0.25) is 5.91 Å². The number of carbonyl (C=O) groups excluding carboxylic acids is 3. The van der Waals surface area contributed by atoms with Crippen molar-refractivity contribution in [1.29, 1.82) is 0 Å². The number of anilines is 1. The number of carbonyl (C=O) groups is 3. The van der Waals surface area contributed by atoms with Crippen molar-refractivity contribution >= 4 is 35.4 Å². The van der Waals surface area contributed by atoms with E-state index in [0.717, 1.165) is 31.3 Å². The maximum absolute atomic E-state index is 13.9. The molecule has 1 saturated heterocycles. The van der Waals surface area contributed by atoms with Crippen molar-refractivity contribution in [2.75, 3.05) is 11.9 Å². The van der Waals surface area contributed by atoms with E-state index < -0.39 is 76.6 Å². The number of alkyl halides is 6. The fourth-order valence-corrected chi connectivity index (χ4v) is 3.29. The zero-order chi connectivity index (χ0) is 28.4. The third kappa shape index (κ3) is 6.27. The summed E-state index contributed by atoms with van der Waals surface area (Å²) < 4.78 is 100. The van der Waals surface area contributed by atoms with E-state index in [1.807, 2.05) is 5.32 Å². The molecule has 0 aliphatic carbocycles. The minimum atomic E-state index is -5.44. The largest absolute Gasteiger partial charge is 0.420 e. The molecular weight excluding hydrogens is 529 g/mol. The second-order valence-corrected chi connectivity index (χ2v) is 7.83. The normalized spacial score (nSPS) is 16.6. The van der Waals surface area contributed by atoms with E-state index in [-0.39, 0.29) is 17.8 Å². The van der Waals surface area contributed by atoms with Crippen LogP contribution in [0.3, 0.4) is 0 Å². The molecule has 1 aliphatic rings. The predicted molar refractivity (Wildman–Crippen MR) is 119 cm³/mol. The summed E-state index contributed by atoms with van der Waals surface area (Å²) in [5, 5.41) is 1.94. The Balaban J connectivity index is 2.14. The number of rotatable bonds is 5. The van der Waals surface area contributed by atoms with Crippen LogP contribution in [-0.4, -0.2) is 37.2 Å². The van der Waals surface area contributed by atoms with Gasteiger partial charge in [-0.05, 0) is 36.4 Å². The fourth-order valence-electron chi connectivity index (χ4n) is 3.29. The molecule has 0 spiro atoms. The molecule has 38 heavy (non-hydrogen) atoms. The lowest BCUT2D eigenvalue weighted by molar-refractivity contribution is -0.143. The van der Waals surface area contributed by atoms with Crippen LogP contribution in [0, 0.1) is 5.82 Å². The highest BCUT2D eigenvalue weighted by Gasteiger charge is 2.41. The Bertz CT molecular complexity index is 1320. The Labute approximate surface area is 209 Å². The van der Waals surface area contributed by atoms with E-state index in [9.17, 15) is 45.1 Å². The van der Waals surface area contributed by atoms with Gasteiger partial charge in [-0.25, -0.2) is 9.18 Å². The molecule has 1 aliphatic heterocycles. The summed E-state index contributed by atoms with van der Waals surface area (Å²) in [6, 6.07) is 2.86. The standard InChI is InChI=1S/C23H17F7N4O4/c1-34(14-4-2-13(24)3-5-14)21(37)38-19-15(6-12(22(25,26)27)7-16(19)23(28,29)30)11(9-31)10-32-17-8-18(35)33-20(17)36/h2-7,9-10,17H,8,31H2,1H3,(H,33,35,36). The van der Waals surface area contributed by atoms with Crippen LogP contribution >= 0.6 is 0 Å². The van der Waals surface area contributed by atoms with E-state index in [2.05, 4.69) is 4.99 Å². The highest BCUT2D eigenvalue weighted by Crippen LogP contribution is 2.44. The Hall–Kier alpha value is -4.43. The first-order chi connectivity index (χ1) is 17.6. The van der Waals surface area contributed by atoms with Crippen LogP contribution in [0.25, 0.3) is 5.57 Å². The van der Waals surface area contributed by atoms with Crippen molar-refractivity contribution in [3.8, 4) is 5.75 Å². The van der Waals surface area contributed by atoms with Gasteiger partial charge in [-0.15, -0.1) is 0 Å². The highest BCUT2D eigenvalue weighted by atomic mass is 19.4. The molecule has 2 aromatic rings. The summed E-state index contributed by atoms with van der Waals surface area (Å²) in [5.74, 6) is -3.53. The maximum atomic E-state index is 13.9. The molecule has 3 amide bonds. The topological polar surface area (TPSA) is 114 Å². The van der Waals surface area contributed by atoms with Crippen LogP contribution in [0.5, 0.6) is 5.75 Å². The minimum absolute atomic E-state index is 0.00788. The number of allylic oxidation sites excluding steroid dienone is 1. The summed E-state index contributed by atoms with van der Waals surface area (Å²) in [4.78, 5) is 40.2. The SMILES string of the molecule is CN(C(=O)Oc1c(C(C=NC2CC(=O)NC2=O)=CN)cc(C(F)(F)F)cc1C(F)(F)F)c1ccc(F)cc1. The number of ether oxygens (including phenoxy) is 1. The molecule has 0 bridgehead atoms. The van der Waals surface area contributed by atoms with Crippen LogP contribution in [0.15, 0.2) is 47.6 Å². The van der Waals surface area contributed by atoms with Gasteiger partial charge in [0.15, 0.2) is 5.75 Å². The average Bonchev–Trinajstić information content (AvgIpc) is 3.15. The Kier molecular flexibility index (Phi) is 7.79. The molecule has 8 nitrogen and oxygen atoms in total. The number of amides is 3. The van der Waals surface area contributed by atoms with Gasteiger partial charge in [-0.3, -0.25) is 24.8 Å². The molecule has 1 unspecified atom stereocenters. The number of halogens is 7. The number of imide groups is 1. The Morgan fingerprint density at radius 3 is 2.24 bits per heavy atom. The predicted octanol–water partition coefficient (Wildman–Crippen LogP) is 4.28. The van der Waals surface area contributed by atoms with Crippen LogP contribution in [0.2, 0.25) is 0 Å². The number of hydrogen-bond acceptors (Lipinski definition) is 6. The van der Waals surface area contributed by atoms with Gasteiger partial charge < -0.3 is 10.5 Å². The lowest BCUT2D eigenvalue weighted by Gasteiger charge is -2.22. The van der Waals surface area contributed by atoms with Crippen molar-refractivity contribution in [3.05, 3.63) is 65.1 Å². The first-order valence-electron chi connectivity index (χ1n) is 10.4. The lowest BCUT2D eigenvalue weighted by atomic mass is 9.98. The summed E-state index contributed by atoms with van der Waals surface area (Å²) >= 11 is 0. The van der Waals surface area contributed by atoms with Crippen molar-refractivity contribution in [3.63, 3.8) is 0 Å². The Morgan fingerprint density at radius 2 is 1.74 bits per heavy atom. The molecule has 1 fully saturated rings. The minimum Gasteiger partial charge on any atom is -0.409 e. The van der Waals surface area contributed by atoms with Gasteiger partial charge in [0.05, 0.1) is 17.5 Å². The summed E-state index contributed by atoms with van der Waals surface area (Å²) in [7, 11) is 1.07. The number of nitrogens with two attached hydrogens (primary N) is 1. The fraction of sp³-hybridized carbons (Fsp3) is 0.217. The van der Waals surface area contributed by atoms with E-state index >= 15 is 0 Å². The van der Waals surface area contributed by atoms with Gasteiger partial charge in [0, 0.05) is 36.3 Å². The smallest absolute Gasteiger partial charge is 0.409 e. The quantitative estimate of drug-likeness (QED) is 0.330. The van der Waals surface area contributed by atoms with E-state index in [1.54, 1.807) is 0 Å². The molecule has 0 aromatic heterocycles. The first kappa shape index (κ1) is 28.1. The number of hydrogen-bond donors (Lipinski definition) is 2. The van der Waals surface area contributed by atoms with Gasteiger partial charge in [0.1, 0.15) is 11.9 Å². The van der Waals surface area contributed by atoms with Gasteiger partial charge >= 0.3 is 18.4 Å². The molecule has 1 heterocycles. The third-order valence-corrected chi connectivity index (χ3v) is 5.23. The summed E-state index contributed by atoms with van der Waals surface area (Å²) in [6.45, 7) is 0. The van der Waals surface area contributed by atoms with E-state index in [1.165, 1.54) is 0 Å². The van der Waals surface area contributed by atoms with Crippen molar-refractivity contribution in [2.24, 2.45) is 10.7 Å². The number of nitrogens with zero attached hydrogens (tertiary/aromatic N) is 2. The van der Waals surface area contributed by atoms with E-state index in [4.69, 9.17) is 10.5 Å². The monoisotopic (exact) mass is 546 g/mol. The summed E-state index contributed by atoms with van der Waals surface area (Å²) in [5.41, 5.74) is 0.251. The van der Waals surface area contributed by atoms with Gasteiger partial charge in [-0.2, -0.15) is 26.3 Å². The second-order valence-electron chi connectivity index (χ2n) is 7.83. The van der Waals surface area contributed by atoms with Crippen LogP contribution in [0.1, 0.15) is 23.1 Å². The lowest BCUT2D eigenvalue weighted by Crippen LogP contribution is -2.30. The highest BCUT2D eigenvalue weighted by molar-refractivity contribution is 6.13. The van der Waals surface area contributed by atoms with Crippen molar-refractivity contribution < 1.29 is 49.9 Å². The molecule has 202 valence electrons.